The number of aliphatic hydroxyl groups excluding tert-OH is 1. The molecule has 1 atom stereocenters. The minimum atomic E-state index is -3.57. The number of aliphatic hydroxyl groups is 1. The molecule has 108 valence electrons. The number of nitrogens with one attached hydrogen (secondary N) is 1. The lowest BCUT2D eigenvalue weighted by Crippen LogP contribution is -2.39. The zero-order valence-electron chi connectivity index (χ0n) is 11.4. The van der Waals surface area contributed by atoms with Crippen molar-refractivity contribution in [2.45, 2.75) is 38.1 Å². The molecule has 0 saturated heterocycles. The molecule has 0 amide bonds. The molecule has 1 aromatic carbocycles. The third-order valence-electron chi connectivity index (χ3n) is 2.99. The van der Waals surface area contributed by atoms with Gasteiger partial charge in [0.15, 0.2) is 0 Å². The van der Waals surface area contributed by atoms with Crippen molar-refractivity contribution in [3.8, 4) is 0 Å². The molecule has 1 rings (SSSR count). The summed E-state index contributed by atoms with van der Waals surface area (Å²) in [6, 6.07) is 4.89. The first-order valence-electron chi connectivity index (χ1n) is 6.17. The molecular weight excluding hydrogens is 330 g/mol. The minimum absolute atomic E-state index is 0.0389. The van der Waals surface area contributed by atoms with Crippen LogP contribution in [0, 0.1) is 12.8 Å². The third-order valence-corrected chi connectivity index (χ3v) is 5.12. The zero-order valence-corrected chi connectivity index (χ0v) is 13.8. The Balaban J connectivity index is 3.06. The fraction of sp³-hybridized carbons (Fsp3) is 0.538. The van der Waals surface area contributed by atoms with Gasteiger partial charge in [-0.05, 0) is 37.0 Å². The lowest BCUT2D eigenvalue weighted by atomic mass is 10.0. The van der Waals surface area contributed by atoms with Gasteiger partial charge in [0.05, 0.1) is 4.90 Å². The number of benzene rings is 1. The van der Waals surface area contributed by atoms with Crippen LogP contribution >= 0.6 is 15.9 Å². The number of halogens is 1. The second kappa shape index (κ2) is 6.83. The lowest BCUT2D eigenvalue weighted by molar-refractivity contribution is 0.256. The van der Waals surface area contributed by atoms with E-state index < -0.39 is 10.0 Å². The van der Waals surface area contributed by atoms with Gasteiger partial charge in [-0.3, -0.25) is 0 Å². The SMILES string of the molecule is Cc1ccc(Br)cc1S(=O)(=O)NC(CCO)C(C)C. The molecule has 0 spiro atoms. The van der Waals surface area contributed by atoms with Crippen LogP contribution in [0.1, 0.15) is 25.8 Å². The number of aryl methyl sites for hydroxylation is 1. The molecule has 1 aromatic rings. The Morgan fingerprint density at radius 3 is 2.53 bits per heavy atom. The largest absolute Gasteiger partial charge is 0.396 e. The van der Waals surface area contributed by atoms with Crippen molar-refractivity contribution in [2.75, 3.05) is 6.61 Å². The summed E-state index contributed by atoms with van der Waals surface area (Å²) >= 11 is 3.28. The lowest BCUT2D eigenvalue weighted by Gasteiger charge is -2.22. The quantitative estimate of drug-likeness (QED) is 0.828. The Hall–Kier alpha value is -0.430. The summed E-state index contributed by atoms with van der Waals surface area (Å²) in [5.74, 6) is 0.120. The molecule has 4 nitrogen and oxygen atoms in total. The fourth-order valence-corrected chi connectivity index (χ4v) is 4.00. The van der Waals surface area contributed by atoms with Crippen molar-refractivity contribution in [2.24, 2.45) is 5.92 Å². The van der Waals surface area contributed by atoms with Gasteiger partial charge < -0.3 is 5.11 Å². The molecule has 19 heavy (non-hydrogen) atoms. The third kappa shape index (κ3) is 4.56. The van der Waals surface area contributed by atoms with E-state index in [1.807, 2.05) is 19.9 Å². The molecule has 0 fully saturated rings. The van der Waals surface area contributed by atoms with Gasteiger partial charge in [-0.15, -0.1) is 0 Å². The van der Waals surface area contributed by atoms with Crippen molar-refractivity contribution < 1.29 is 13.5 Å². The minimum Gasteiger partial charge on any atom is -0.396 e. The van der Waals surface area contributed by atoms with E-state index in [9.17, 15) is 8.42 Å². The first kappa shape index (κ1) is 16.6. The van der Waals surface area contributed by atoms with Gasteiger partial charge in [-0.25, -0.2) is 13.1 Å². The van der Waals surface area contributed by atoms with E-state index in [2.05, 4.69) is 20.7 Å². The second-order valence-corrected chi connectivity index (χ2v) is 7.49. The highest BCUT2D eigenvalue weighted by molar-refractivity contribution is 9.10. The molecule has 2 N–H and O–H groups in total. The van der Waals surface area contributed by atoms with E-state index in [0.29, 0.717) is 12.0 Å². The molecule has 1 unspecified atom stereocenters. The number of hydrogen-bond donors (Lipinski definition) is 2. The Kier molecular flexibility index (Phi) is 5.98. The summed E-state index contributed by atoms with van der Waals surface area (Å²) < 4.78 is 28.2. The highest BCUT2D eigenvalue weighted by Crippen LogP contribution is 2.21. The topological polar surface area (TPSA) is 66.4 Å². The Bertz CT molecular complexity index is 529. The van der Waals surface area contributed by atoms with Crippen LogP contribution in [0.5, 0.6) is 0 Å². The average Bonchev–Trinajstić information content (AvgIpc) is 2.31. The molecule has 0 bridgehead atoms. The van der Waals surface area contributed by atoms with Gasteiger partial charge in [0.2, 0.25) is 10.0 Å². The molecular formula is C13H20BrNO3S. The Morgan fingerprint density at radius 2 is 2.00 bits per heavy atom. The Morgan fingerprint density at radius 1 is 1.37 bits per heavy atom. The van der Waals surface area contributed by atoms with Crippen LogP contribution < -0.4 is 4.72 Å². The van der Waals surface area contributed by atoms with E-state index >= 15 is 0 Å². The predicted molar refractivity (Wildman–Crippen MR) is 79.5 cm³/mol. The van der Waals surface area contributed by atoms with E-state index in [4.69, 9.17) is 5.11 Å². The molecule has 0 aliphatic carbocycles. The van der Waals surface area contributed by atoms with E-state index in [-0.39, 0.29) is 23.5 Å². The summed E-state index contributed by atoms with van der Waals surface area (Å²) in [5.41, 5.74) is 0.696. The Labute approximate surface area is 123 Å². The summed E-state index contributed by atoms with van der Waals surface area (Å²) in [4.78, 5) is 0.269. The maximum Gasteiger partial charge on any atom is 0.241 e. The zero-order chi connectivity index (χ0) is 14.6. The predicted octanol–water partition coefficient (Wildman–Crippen LogP) is 2.44. The van der Waals surface area contributed by atoms with Crippen LogP contribution in [0.3, 0.4) is 0 Å². The summed E-state index contributed by atoms with van der Waals surface area (Å²) in [6.07, 6.45) is 0.407. The van der Waals surface area contributed by atoms with Gasteiger partial charge in [0.1, 0.15) is 0 Å². The first-order valence-corrected chi connectivity index (χ1v) is 8.45. The number of rotatable bonds is 6. The first-order chi connectivity index (χ1) is 8.77. The molecule has 0 aliphatic rings. The van der Waals surface area contributed by atoms with Crippen molar-refractivity contribution in [3.63, 3.8) is 0 Å². The highest BCUT2D eigenvalue weighted by Gasteiger charge is 2.23. The van der Waals surface area contributed by atoms with Gasteiger partial charge >= 0.3 is 0 Å². The van der Waals surface area contributed by atoms with Crippen LogP contribution in [0.4, 0.5) is 0 Å². The van der Waals surface area contributed by atoms with Crippen molar-refractivity contribution in [1.29, 1.82) is 0 Å². The fourth-order valence-electron chi connectivity index (χ4n) is 1.79. The van der Waals surface area contributed by atoms with Gasteiger partial charge in [0.25, 0.3) is 0 Å². The van der Waals surface area contributed by atoms with Crippen LogP contribution in [0.25, 0.3) is 0 Å². The van der Waals surface area contributed by atoms with E-state index in [0.717, 1.165) is 4.47 Å². The molecule has 0 saturated carbocycles. The average molecular weight is 350 g/mol. The molecule has 0 aromatic heterocycles. The van der Waals surface area contributed by atoms with Crippen LogP contribution in [-0.2, 0) is 10.0 Å². The smallest absolute Gasteiger partial charge is 0.241 e. The molecule has 0 heterocycles. The normalized spacial score (nSPS) is 13.8. The van der Waals surface area contributed by atoms with Crippen molar-refractivity contribution in [3.05, 3.63) is 28.2 Å². The maximum atomic E-state index is 12.4. The molecule has 0 radical (unpaired) electrons. The summed E-state index contributed by atoms with van der Waals surface area (Å²) in [6.45, 7) is 5.58. The standard InChI is InChI=1S/C13H20BrNO3S/c1-9(2)12(6-7-16)15-19(17,18)13-8-11(14)5-4-10(13)3/h4-5,8-9,12,15-16H,6-7H2,1-3H3. The van der Waals surface area contributed by atoms with Gasteiger partial charge in [0, 0.05) is 17.1 Å². The highest BCUT2D eigenvalue weighted by atomic mass is 79.9. The summed E-state index contributed by atoms with van der Waals surface area (Å²) in [5, 5.41) is 9.01. The van der Waals surface area contributed by atoms with Crippen LogP contribution in [-0.4, -0.2) is 26.2 Å². The van der Waals surface area contributed by atoms with Gasteiger partial charge in [-0.2, -0.15) is 0 Å². The van der Waals surface area contributed by atoms with E-state index in [1.165, 1.54) is 0 Å². The van der Waals surface area contributed by atoms with Crippen molar-refractivity contribution in [1.82, 2.24) is 4.72 Å². The van der Waals surface area contributed by atoms with E-state index in [1.54, 1.807) is 19.1 Å². The van der Waals surface area contributed by atoms with Gasteiger partial charge in [-0.1, -0.05) is 35.8 Å². The number of hydrogen-bond acceptors (Lipinski definition) is 3. The second-order valence-electron chi connectivity index (χ2n) is 4.89. The molecule has 0 aliphatic heterocycles. The monoisotopic (exact) mass is 349 g/mol. The van der Waals surface area contributed by atoms with Crippen LogP contribution in [0.15, 0.2) is 27.6 Å². The van der Waals surface area contributed by atoms with Crippen molar-refractivity contribution >= 4 is 26.0 Å². The summed E-state index contributed by atoms with van der Waals surface area (Å²) in [7, 11) is -3.57. The molecule has 6 heteroatoms. The number of sulfonamides is 1. The maximum absolute atomic E-state index is 12.4. The van der Waals surface area contributed by atoms with Crippen LogP contribution in [0.2, 0.25) is 0 Å².